The molecule has 1 amide bonds. The van der Waals surface area contributed by atoms with Crippen molar-refractivity contribution >= 4 is 44.5 Å². The molecule has 146 valence electrons. The highest BCUT2D eigenvalue weighted by molar-refractivity contribution is 7.21. The van der Waals surface area contributed by atoms with Crippen LogP contribution >= 0.6 is 11.3 Å². The molecule has 1 unspecified atom stereocenters. The van der Waals surface area contributed by atoms with E-state index in [1.807, 2.05) is 12.1 Å². The van der Waals surface area contributed by atoms with E-state index in [0.717, 1.165) is 41.1 Å². The molecular weight excluding hydrogens is 372 g/mol. The molecule has 0 saturated carbocycles. The van der Waals surface area contributed by atoms with Gasteiger partial charge in [-0.15, -0.1) is 11.3 Å². The van der Waals surface area contributed by atoms with Gasteiger partial charge in [0, 0.05) is 44.1 Å². The molecule has 1 aliphatic rings. The van der Waals surface area contributed by atoms with Crippen molar-refractivity contribution in [2.75, 3.05) is 35.2 Å². The van der Waals surface area contributed by atoms with Crippen molar-refractivity contribution in [2.45, 2.75) is 19.5 Å². The number of piperazine rings is 1. The Morgan fingerprint density at radius 3 is 2.86 bits per heavy atom. The van der Waals surface area contributed by atoms with Gasteiger partial charge in [-0.1, -0.05) is 12.1 Å². The zero-order valence-electron chi connectivity index (χ0n) is 15.8. The number of nitrogen functional groups attached to an aromatic ring is 1. The largest absolute Gasteiger partial charge is 0.397 e. The number of nitrogens with zero attached hydrogens (tertiary/aromatic N) is 3. The molecule has 6 N–H and O–H groups in total. The molecule has 1 aliphatic heterocycles. The van der Waals surface area contributed by atoms with Gasteiger partial charge in [-0.2, -0.15) is 0 Å². The van der Waals surface area contributed by atoms with Gasteiger partial charge in [-0.3, -0.25) is 4.79 Å². The van der Waals surface area contributed by atoms with E-state index in [0.29, 0.717) is 23.2 Å². The molecule has 0 bridgehead atoms. The number of carbonyl (C=O) groups is 1. The molecule has 1 aromatic carbocycles. The van der Waals surface area contributed by atoms with Gasteiger partial charge in [0.05, 0.1) is 16.8 Å². The summed E-state index contributed by atoms with van der Waals surface area (Å²) < 4.78 is 0. The van der Waals surface area contributed by atoms with Gasteiger partial charge in [-0.05, 0) is 30.7 Å². The topological polar surface area (TPSA) is 114 Å². The number of aromatic nitrogens is 1. The van der Waals surface area contributed by atoms with Crippen LogP contribution in [0.1, 0.15) is 22.2 Å². The van der Waals surface area contributed by atoms with Crippen LogP contribution < -0.4 is 27.0 Å². The molecule has 1 saturated heterocycles. The minimum atomic E-state index is -0.510. The van der Waals surface area contributed by atoms with E-state index in [-0.39, 0.29) is 0 Å². The van der Waals surface area contributed by atoms with Gasteiger partial charge < -0.3 is 27.0 Å². The number of rotatable bonds is 4. The van der Waals surface area contributed by atoms with Crippen LogP contribution in [-0.2, 0) is 6.54 Å². The molecule has 8 heteroatoms. The summed E-state index contributed by atoms with van der Waals surface area (Å²) in [6.07, 6.45) is 1.76. The van der Waals surface area contributed by atoms with Crippen molar-refractivity contribution in [2.24, 2.45) is 11.5 Å². The standard InChI is InChI=1S/C20H24N6OS/c1-12-11-25(7-8-26(12)14-4-2-3-13(9-14)10-21)15-5-6-24-20-16(15)17(22)18(28-20)19(23)27/h2-6,9,12H,7-8,10-11,21-22H2,1H3,(H2,23,27). The van der Waals surface area contributed by atoms with Gasteiger partial charge in [0.1, 0.15) is 9.71 Å². The Hall–Kier alpha value is -2.84. The van der Waals surface area contributed by atoms with E-state index in [2.05, 4.69) is 39.9 Å². The molecule has 1 atom stereocenters. The Balaban J connectivity index is 1.63. The Labute approximate surface area is 167 Å². The maximum absolute atomic E-state index is 11.7. The number of benzene rings is 1. The second-order valence-corrected chi connectivity index (χ2v) is 8.08. The highest BCUT2D eigenvalue weighted by atomic mass is 32.1. The molecule has 1 fully saturated rings. The van der Waals surface area contributed by atoms with E-state index < -0.39 is 5.91 Å². The lowest BCUT2D eigenvalue weighted by Crippen LogP contribution is -2.52. The second kappa shape index (κ2) is 7.29. The molecule has 0 radical (unpaired) electrons. The normalized spacial score (nSPS) is 17.3. The van der Waals surface area contributed by atoms with Crippen molar-refractivity contribution < 1.29 is 4.79 Å². The lowest BCUT2D eigenvalue weighted by Gasteiger charge is -2.42. The van der Waals surface area contributed by atoms with Crippen LogP contribution in [0.3, 0.4) is 0 Å². The zero-order valence-corrected chi connectivity index (χ0v) is 16.6. The second-order valence-electron chi connectivity index (χ2n) is 7.08. The quantitative estimate of drug-likeness (QED) is 0.622. The average molecular weight is 397 g/mol. The smallest absolute Gasteiger partial charge is 0.260 e. The minimum absolute atomic E-state index is 0.306. The van der Waals surface area contributed by atoms with Crippen molar-refractivity contribution in [1.82, 2.24) is 4.98 Å². The number of hydrogen-bond acceptors (Lipinski definition) is 7. The first-order valence-corrected chi connectivity index (χ1v) is 10.1. The SMILES string of the molecule is CC1CN(c2ccnc3sc(C(N)=O)c(N)c23)CCN1c1cccc(CN)c1. The van der Waals surface area contributed by atoms with Crippen LogP contribution in [0.5, 0.6) is 0 Å². The van der Waals surface area contributed by atoms with Crippen molar-refractivity contribution in [3.05, 3.63) is 47.0 Å². The first-order chi connectivity index (χ1) is 13.5. The van der Waals surface area contributed by atoms with Crippen LogP contribution in [0.25, 0.3) is 10.2 Å². The van der Waals surface area contributed by atoms with Crippen LogP contribution in [-0.4, -0.2) is 36.6 Å². The number of anilines is 3. The van der Waals surface area contributed by atoms with Gasteiger partial charge in [0.2, 0.25) is 0 Å². The number of fused-ring (bicyclic) bond motifs is 1. The number of carbonyl (C=O) groups excluding carboxylic acids is 1. The summed E-state index contributed by atoms with van der Waals surface area (Å²) >= 11 is 1.25. The lowest BCUT2D eigenvalue weighted by atomic mass is 10.1. The summed E-state index contributed by atoms with van der Waals surface area (Å²) in [6.45, 7) is 5.32. The zero-order chi connectivity index (χ0) is 19.8. The fourth-order valence-electron chi connectivity index (χ4n) is 3.90. The van der Waals surface area contributed by atoms with E-state index in [1.54, 1.807) is 6.20 Å². The molecule has 2 aromatic heterocycles. The first kappa shape index (κ1) is 18.5. The lowest BCUT2D eigenvalue weighted by molar-refractivity contribution is 0.100. The number of thiophene rings is 1. The number of nitrogens with two attached hydrogens (primary N) is 3. The predicted molar refractivity (Wildman–Crippen MR) is 116 cm³/mol. The molecular formula is C20H24N6OS. The first-order valence-electron chi connectivity index (χ1n) is 9.27. The van der Waals surface area contributed by atoms with Gasteiger partial charge >= 0.3 is 0 Å². The summed E-state index contributed by atoms with van der Waals surface area (Å²) in [6, 6.07) is 10.7. The van der Waals surface area contributed by atoms with Crippen LogP contribution in [0.15, 0.2) is 36.5 Å². The molecule has 0 spiro atoms. The molecule has 3 aromatic rings. The van der Waals surface area contributed by atoms with E-state index in [1.165, 1.54) is 17.0 Å². The Morgan fingerprint density at radius 2 is 2.14 bits per heavy atom. The Kier molecular flexibility index (Phi) is 4.82. The van der Waals surface area contributed by atoms with E-state index in [9.17, 15) is 4.79 Å². The van der Waals surface area contributed by atoms with Gasteiger partial charge in [0.15, 0.2) is 0 Å². The third-order valence-electron chi connectivity index (χ3n) is 5.28. The highest BCUT2D eigenvalue weighted by Gasteiger charge is 2.27. The van der Waals surface area contributed by atoms with Gasteiger partial charge in [0.25, 0.3) is 5.91 Å². The third-order valence-corrected chi connectivity index (χ3v) is 6.40. The fourth-order valence-corrected chi connectivity index (χ4v) is 4.83. The van der Waals surface area contributed by atoms with E-state index in [4.69, 9.17) is 17.2 Å². The van der Waals surface area contributed by atoms with Gasteiger partial charge in [-0.25, -0.2) is 4.98 Å². The number of primary amides is 1. The number of pyridine rings is 1. The minimum Gasteiger partial charge on any atom is -0.397 e. The maximum Gasteiger partial charge on any atom is 0.260 e. The summed E-state index contributed by atoms with van der Waals surface area (Å²) in [4.78, 5) is 21.9. The van der Waals surface area contributed by atoms with Crippen molar-refractivity contribution in [1.29, 1.82) is 0 Å². The van der Waals surface area contributed by atoms with Crippen molar-refractivity contribution in [3.8, 4) is 0 Å². The predicted octanol–water partition coefficient (Wildman–Crippen LogP) is 2.15. The molecule has 28 heavy (non-hydrogen) atoms. The summed E-state index contributed by atoms with van der Waals surface area (Å²) in [5, 5.41) is 0.826. The monoisotopic (exact) mass is 396 g/mol. The van der Waals surface area contributed by atoms with Crippen molar-refractivity contribution in [3.63, 3.8) is 0 Å². The summed E-state index contributed by atoms with van der Waals surface area (Å²) in [5.74, 6) is -0.510. The Bertz CT molecular complexity index is 1030. The number of hydrogen-bond donors (Lipinski definition) is 3. The van der Waals surface area contributed by atoms with Crippen LogP contribution in [0.2, 0.25) is 0 Å². The molecule has 3 heterocycles. The Morgan fingerprint density at radius 1 is 1.32 bits per heavy atom. The average Bonchev–Trinajstić information content (AvgIpc) is 3.05. The van der Waals surface area contributed by atoms with Crippen LogP contribution in [0, 0.1) is 0 Å². The maximum atomic E-state index is 11.7. The van der Waals surface area contributed by atoms with E-state index >= 15 is 0 Å². The molecule has 4 rings (SSSR count). The highest BCUT2D eigenvalue weighted by Crippen LogP contribution is 2.39. The molecule has 0 aliphatic carbocycles. The molecule has 7 nitrogen and oxygen atoms in total. The van der Waals surface area contributed by atoms with Crippen LogP contribution in [0.4, 0.5) is 17.1 Å². The summed E-state index contributed by atoms with van der Waals surface area (Å²) in [7, 11) is 0. The number of amides is 1. The fraction of sp³-hybridized carbons (Fsp3) is 0.300. The third kappa shape index (κ3) is 3.14. The summed E-state index contributed by atoms with van der Waals surface area (Å²) in [5.41, 5.74) is 21.3.